The Kier molecular flexibility index (Phi) is 3.93. The highest BCUT2D eigenvalue weighted by molar-refractivity contribution is 7.99. The second-order valence-corrected chi connectivity index (χ2v) is 6.92. The average molecular weight is 295 g/mol. The zero-order chi connectivity index (χ0) is 13.1. The van der Waals surface area contributed by atoms with E-state index in [0.717, 1.165) is 23.8 Å². The molecule has 1 fully saturated rings. The number of nitrogens with one attached hydrogen (secondary N) is 2. The van der Waals surface area contributed by atoms with Gasteiger partial charge in [-0.05, 0) is 23.6 Å². The molecule has 6 heteroatoms. The number of aliphatic hydroxyl groups is 1. The molecule has 2 aromatic heterocycles. The van der Waals surface area contributed by atoms with Crippen LogP contribution >= 0.6 is 23.1 Å². The normalized spacial score (nSPS) is 24.7. The van der Waals surface area contributed by atoms with Crippen molar-refractivity contribution < 1.29 is 5.11 Å². The van der Waals surface area contributed by atoms with Crippen LogP contribution in [0.2, 0.25) is 0 Å². The Morgan fingerprint density at radius 1 is 1.58 bits per heavy atom. The molecular weight excluding hydrogens is 278 g/mol. The zero-order valence-corrected chi connectivity index (χ0v) is 12.1. The Hall–Kier alpha value is -0.820. The summed E-state index contributed by atoms with van der Waals surface area (Å²) in [6.45, 7) is 0.600. The van der Waals surface area contributed by atoms with E-state index in [1.54, 1.807) is 17.5 Å². The summed E-state index contributed by atoms with van der Waals surface area (Å²) < 4.78 is 0. The minimum absolute atomic E-state index is 0.0321. The van der Waals surface area contributed by atoms with E-state index < -0.39 is 5.60 Å². The first-order valence-corrected chi connectivity index (χ1v) is 8.36. The number of rotatable bonds is 5. The lowest BCUT2D eigenvalue weighted by Gasteiger charge is -2.25. The van der Waals surface area contributed by atoms with Crippen LogP contribution in [0.5, 0.6) is 0 Å². The molecule has 0 saturated carbocycles. The third-order valence-electron chi connectivity index (χ3n) is 3.34. The summed E-state index contributed by atoms with van der Waals surface area (Å²) >= 11 is 3.52. The van der Waals surface area contributed by atoms with Gasteiger partial charge in [0.15, 0.2) is 0 Å². The fourth-order valence-corrected chi connectivity index (χ4v) is 4.35. The van der Waals surface area contributed by atoms with E-state index in [-0.39, 0.29) is 6.04 Å². The van der Waals surface area contributed by atoms with Gasteiger partial charge in [-0.1, -0.05) is 6.07 Å². The van der Waals surface area contributed by atoms with Crippen LogP contribution in [0.25, 0.3) is 0 Å². The predicted octanol–water partition coefficient (Wildman–Crippen LogP) is 2.02. The van der Waals surface area contributed by atoms with E-state index in [2.05, 4.69) is 26.7 Å². The molecular formula is C13H17N3OS2. The molecule has 0 bridgehead atoms. The van der Waals surface area contributed by atoms with Gasteiger partial charge >= 0.3 is 0 Å². The van der Waals surface area contributed by atoms with Crippen molar-refractivity contribution in [2.45, 2.75) is 18.1 Å². The molecule has 19 heavy (non-hydrogen) atoms. The maximum absolute atomic E-state index is 10.4. The van der Waals surface area contributed by atoms with Crippen molar-refractivity contribution in [3.63, 3.8) is 0 Å². The molecule has 3 heterocycles. The van der Waals surface area contributed by atoms with Gasteiger partial charge < -0.3 is 15.4 Å². The van der Waals surface area contributed by atoms with Gasteiger partial charge in [-0.25, -0.2) is 4.98 Å². The molecule has 0 spiro atoms. The Morgan fingerprint density at radius 2 is 2.53 bits per heavy atom. The van der Waals surface area contributed by atoms with Crippen molar-refractivity contribution in [1.29, 1.82) is 0 Å². The van der Waals surface area contributed by atoms with Crippen molar-refractivity contribution >= 4 is 23.1 Å². The van der Waals surface area contributed by atoms with Crippen molar-refractivity contribution in [1.82, 2.24) is 15.3 Å². The van der Waals surface area contributed by atoms with Crippen LogP contribution in [0.1, 0.15) is 23.2 Å². The molecule has 3 rings (SSSR count). The van der Waals surface area contributed by atoms with E-state index >= 15 is 0 Å². The van der Waals surface area contributed by atoms with Crippen LogP contribution in [0, 0.1) is 0 Å². The summed E-state index contributed by atoms with van der Waals surface area (Å²) in [4.78, 5) is 8.71. The van der Waals surface area contributed by atoms with Gasteiger partial charge in [-0.3, -0.25) is 0 Å². The number of thiophene rings is 1. The van der Waals surface area contributed by atoms with E-state index in [4.69, 9.17) is 0 Å². The molecule has 3 N–H and O–H groups in total. The molecule has 102 valence electrons. The van der Waals surface area contributed by atoms with E-state index in [0.29, 0.717) is 6.54 Å². The van der Waals surface area contributed by atoms with E-state index in [1.807, 2.05) is 24.0 Å². The first-order chi connectivity index (χ1) is 9.27. The molecule has 2 unspecified atom stereocenters. The minimum Gasteiger partial charge on any atom is -0.388 e. The van der Waals surface area contributed by atoms with Crippen molar-refractivity contribution in [3.8, 4) is 0 Å². The van der Waals surface area contributed by atoms with Crippen molar-refractivity contribution in [2.75, 3.05) is 18.1 Å². The molecule has 1 saturated heterocycles. The molecule has 1 aliphatic heterocycles. The van der Waals surface area contributed by atoms with Crippen LogP contribution in [0.3, 0.4) is 0 Å². The summed E-state index contributed by atoms with van der Waals surface area (Å²) in [5.41, 5.74) is -0.577. The lowest BCUT2D eigenvalue weighted by molar-refractivity contribution is 0.0657. The fourth-order valence-electron chi connectivity index (χ4n) is 2.25. The van der Waals surface area contributed by atoms with E-state index in [1.165, 1.54) is 4.88 Å². The van der Waals surface area contributed by atoms with Gasteiger partial charge in [0, 0.05) is 29.6 Å². The third-order valence-corrected chi connectivity index (χ3v) is 5.51. The maximum Gasteiger partial charge on any atom is 0.128 e. The van der Waals surface area contributed by atoms with Gasteiger partial charge in [0.25, 0.3) is 0 Å². The van der Waals surface area contributed by atoms with Crippen molar-refractivity contribution in [3.05, 3.63) is 40.6 Å². The molecule has 2 atom stereocenters. The van der Waals surface area contributed by atoms with Crippen LogP contribution in [-0.4, -0.2) is 38.7 Å². The molecule has 0 amide bonds. The lowest BCUT2D eigenvalue weighted by Crippen LogP contribution is -2.42. The van der Waals surface area contributed by atoms with Crippen LogP contribution in [0.15, 0.2) is 29.9 Å². The number of aromatic amines is 1. The summed E-state index contributed by atoms with van der Waals surface area (Å²) in [7, 11) is 0. The summed E-state index contributed by atoms with van der Waals surface area (Å²) in [6, 6.07) is 4.17. The predicted molar refractivity (Wildman–Crippen MR) is 79.6 cm³/mol. The number of hydrogen-bond donors (Lipinski definition) is 3. The Balaban J connectivity index is 1.73. The molecule has 0 aromatic carbocycles. The minimum atomic E-state index is -0.577. The number of nitrogens with zero attached hydrogens (tertiary/aromatic N) is 1. The zero-order valence-electron chi connectivity index (χ0n) is 10.5. The monoisotopic (exact) mass is 295 g/mol. The summed E-state index contributed by atoms with van der Waals surface area (Å²) in [5, 5.41) is 15.9. The number of imidazole rings is 1. The average Bonchev–Trinajstić information content (AvgIpc) is 3.11. The van der Waals surface area contributed by atoms with Gasteiger partial charge in [0.1, 0.15) is 11.9 Å². The Morgan fingerprint density at radius 3 is 3.16 bits per heavy atom. The molecule has 0 radical (unpaired) electrons. The lowest BCUT2D eigenvalue weighted by atomic mass is 10.0. The Labute approximate surface area is 120 Å². The Bertz CT molecular complexity index is 458. The first kappa shape index (κ1) is 13.2. The van der Waals surface area contributed by atoms with Gasteiger partial charge in [0.05, 0.1) is 5.60 Å². The van der Waals surface area contributed by atoms with Crippen LogP contribution in [-0.2, 0) is 0 Å². The summed E-state index contributed by atoms with van der Waals surface area (Å²) in [6.07, 6.45) is 4.45. The van der Waals surface area contributed by atoms with Gasteiger partial charge in [0.2, 0.25) is 0 Å². The number of H-pyrrole nitrogens is 1. The fraction of sp³-hybridized carbons (Fsp3) is 0.462. The third kappa shape index (κ3) is 3.02. The van der Waals surface area contributed by atoms with Crippen LogP contribution in [0.4, 0.5) is 0 Å². The number of thioether (sulfide) groups is 1. The quantitative estimate of drug-likeness (QED) is 0.790. The highest BCUT2D eigenvalue weighted by Gasteiger charge is 2.32. The standard InChI is InChI=1S/C13H17N3OS2/c17-13(3-7-18-9-13)8-16-11(10-2-1-6-19-10)12-14-4-5-15-12/h1-2,4-6,11,16-17H,3,7-9H2,(H,14,15). The van der Waals surface area contributed by atoms with Crippen LogP contribution < -0.4 is 5.32 Å². The highest BCUT2D eigenvalue weighted by atomic mass is 32.2. The van der Waals surface area contributed by atoms with E-state index in [9.17, 15) is 5.11 Å². The second kappa shape index (κ2) is 5.66. The maximum atomic E-state index is 10.4. The molecule has 2 aromatic rings. The number of hydrogen-bond acceptors (Lipinski definition) is 5. The number of aromatic nitrogens is 2. The molecule has 0 aliphatic carbocycles. The van der Waals surface area contributed by atoms with Crippen molar-refractivity contribution in [2.24, 2.45) is 0 Å². The topological polar surface area (TPSA) is 60.9 Å². The SMILES string of the molecule is OC1(CNC(c2ncc[nH]2)c2cccs2)CCSC1. The smallest absolute Gasteiger partial charge is 0.128 e. The summed E-state index contributed by atoms with van der Waals surface area (Å²) in [5.74, 6) is 2.76. The molecule has 4 nitrogen and oxygen atoms in total. The first-order valence-electron chi connectivity index (χ1n) is 6.33. The van der Waals surface area contributed by atoms with Gasteiger partial charge in [-0.2, -0.15) is 11.8 Å². The molecule has 1 aliphatic rings. The van der Waals surface area contributed by atoms with Gasteiger partial charge in [-0.15, -0.1) is 11.3 Å². The highest BCUT2D eigenvalue weighted by Crippen LogP contribution is 2.29. The second-order valence-electron chi connectivity index (χ2n) is 4.83. The largest absolute Gasteiger partial charge is 0.388 e.